The monoisotopic (exact) mass is 595 g/mol. The summed E-state index contributed by atoms with van der Waals surface area (Å²) in [5.41, 5.74) is 9.05. The van der Waals surface area contributed by atoms with Gasteiger partial charge >= 0.3 is 0 Å². The van der Waals surface area contributed by atoms with Gasteiger partial charge in [0, 0.05) is 49.6 Å². The molecule has 0 N–H and O–H groups in total. The second-order valence-electron chi connectivity index (χ2n) is 13.4. The standard InChI is InChI=1S/C43H33NO2/c1-26-19-22-28(23-20-26)44(36-18-10-16-33-32-15-9-17-35(43(2,3)4)41(32)46-42(33)36)37-25-38-39(31-14-8-7-13-30(31)37)34-24-21-27-11-5-6-12-29(27)40(34)45-38/h5-25H,1-4H3. The summed E-state index contributed by atoms with van der Waals surface area (Å²) in [6.07, 6.45) is 0. The second kappa shape index (κ2) is 9.73. The third-order valence-corrected chi connectivity index (χ3v) is 9.43. The highest BCUT2D eigenvalue weighted by molar-refractivity contribution is 6.26. The van der Waals surface area contributed by atoms with Gasteiger partial charge in [0.15, 0.2) is 5.58 Å². The van der Waals surface area contributed by atoms with Crippen molar-refractivity contribution in [1.29, 1.82) is 0 Å². The van der Waals surface area contributed by atoms with E-state index in [0.29, 0.717) is 0 Å². The lowest BCUT2D eigenvalue weighted by atomic mass is 9.86. The number of anilines is 3. The van der Waals surface area contributed by atoms with Gasteiger partial charge in [0.05, 0.1) is 11.4 Å². The fourth-order valence-electron chi connectivity index (χ4n) is 7.21. The first-order valence-corrected chi connectivity index (χ1v) is 15.9. The van der Waals surface area contributed by atoms with E-state index in [2.05, 4.69) is 160 Å². The highest BCUT2D eigenvalue weighted by Crippen LogP contribution is 2.48. The molecular weight excluding hydrogens is 562 g/mol. The minimum atomic E-state index is -0.0586. The Labute approximate surface area is 267 Å². The molecule has 0 radical (unpaired) electrons. The molecule has 0 spiro atoms. The number of fused-ring (bicyclic) bond motifs is 10. The predicted molar refractivity (Wildman–Crippen MR) is 194 cm³/mol. The van der Waals surface area contributed by atoms with Gasteiger partial charge in [-0.1, -0.05) is 123 Å². The molecule has 0 saturated heterocycles. The van der Waals surface area contributed by atoms with E-state index in [1.165, 1.54) is 16.5 Å². The number of hydrogen-bond donors (Lipinski definition) is 0. The predicted octanol–water partition coefficient (Wildman–Crippen LogP) is 12.9. The summed E-state index contributed by atoms with van der Waals surface area (Å²) in [6.45, 7) is 8.85. The molecule has 0 aliphatic heterocycles. The number of rotatable bonds is 3. The zero-order valence-corrected chi connectivity index (χ0v) is 26.4. The Kier molecular flexibility index (Phi) is 5.67. The van der Waals surface area contributed by atoms with Crippen molar-refractivity contribution >= 4 is 82.5 Å². The van der Waals surface area contributed by atoms with E-state index in [4.69, 9.17) is 8.83 Å². The number of nitrogens with zero attached hydrogens (tertiary/aromatic N) is 1. The highest BCUT2D eigenvalue weighted by Gasteiger charge is 2.26. The van der Waals surface area contributed by atoms with Crippen molar-refractivity contribution in [2.24, 2.45) is 0 Å². The molecule has 9 rings (SSSR count). The maximum atomic E-state index is 6.92. The summed E-state index contributed by atoms with van der Waals surface area (Å²) in [4.78, 5) is 2.34. The van der Waals surface area contributed by atoms with Gasteiger partial charge in [-0.05, 0) is 47.4 Å². The van der Waals surface area contributed by atoms with Crippen LogP contribution < -0.4 is 4.90 Å². The summed E-state index contributed by atoms with van der Waals surface area (Å²) < 4.78 is 13.7. The summed E-state index contributed by atoms with van der Waals surface area (Å²) in [6, 6.07) is 45.5. The molecule has 0 atom stereocenters. The van der Waals surface area contributed by atoms with E-state index < -0.39 is 0 Å². The van der Waals surface area contributed by atoms with Crippen LogP contribution >= 0.6 is 0 Å². The minimum Gasteiger partial charge on any atom is -0.455 e. The van der Waals surface area contributed by atoms with Crippen molar-refractivity contribution in [3.8, 4) is 0 Å². The van der Waals surface area contributed by atoms with Crippen LogP contribution in [0.5, 0.6) is 0 Å². The topological polar surface area (TPSA) is 29.5 Å². The van der Waals surface area contributed by atoms with E-state index in [-0.39, 0.29) is 5.41 Å². The molecule has 7 aromatic carbocycles. The number of benzene rings is 7. The first-order valence-electron chi connectivity index (χ1n) is 15.9. The normalized spacial score (nSPS) is 12.3. The quantitative estimate of drug-likeness (QED) is 0.203. The summed E-state index contributed by atoms with van der Waals surface area (Å²) in [5.74, 6) is 0. The Morgan fingerprint density at radius 1 is 0.500 bits per heavy atom. The smallest absolute Gasteiger partial charge is 0.159 e. The van der Waals surface area contributed by atoms with Crippen molar-refractivity contribution in [1.82, 2.24) is 0 Å². The first-order chi connectivity index (χ1) is 22.4. The first kappa shape index (κ1) is 26.8. The van der Waals surface area contributed by atoms with Crippen molar-refractivity contribution in [2.45, 2.75) is 33.1 Å². The summed E-state index contributed by atoms with van der Waals surface area (Å²) in [7, 11) is 0. The molecule has 2 heterocycles. The SMILES string of the molecule is Cc1ccc(N(c2cc3oc4c5ccccc5ccc4c3c3ccccc23)c2cccc3c2oc2c(C(C)(C)C)cccc23)cc1. The number of para-hydroxylation sites is 2. The van der Waals surface area contributed by atoms with Crippen molar-refractivity contribution in [2.75, 3.05) is 4.90 Å². The Morgan fingerprint density at radius 2 is 1.17 bits per heavy atom. The lowest BCUT2D eigenvalue weighted by molar-refractivity contribution is 0.573. The molecule has 46 heavy (non-hydrogen) atoms. The summed E-state index contributed by atoms with van der Waals surface area (Å²) in [5, 5.41) is 9.12. The molecule has 0 saturated carbocycles. The maximum Gasteiger partial charge on any atom is 0.159 e. The van der Waals surface area contributed by atoms with Crippen molar-refractivity contribution in [3.63, 3.8) is 0 Å². The van der Waals surface area contributed by atoms with E-state index in [0.717, 1.165) is 77.1 Å². The lowest BCUT2D eigenvalue weighted by Gasteiger charge is -2.27. The molecule has 0 amide bonds. The van der Waals surface area contributed by atoms with E-state index in [1.807, 2.05) is 0 Å². The molecule has 3 heteroatoms. The average Bonchev–Trinajstić information content (AvgIpc) is 3.64. The fraction of sp³-hybridized carbons (Fsp3) is 0.116. The van der Waals surface area contributed by atoms with Crippen LogP contribution in [0.4, 0.5) is 17.1 Å². The van der Waals surface area contributed by atoms with Gasteiger partial charge in [0.1, 0.15) is 16.7 Å². The van der Waals surface area contributed by atoms with Crippen LogP contribution in [-0.2, 0) is 5.41 Å². The van der Waals surface area contributed by atoms with Gasteiger partial charge in [-0.3, -0.25) is 0 Å². The molecule has 0 unspecified atom stereocenters. The Bertz CT molecular complexity index is 2630. The molecule has 222 valence electrons. The Balaban J connectivity index is 1.40. The summed E-state index contributed by atoms with van der Waals surface area (Å²) >= 11 is 0. The van der Waals surface area contributed by atoms with Gasteiger partial charge in [-0.2, -0.15) is 0 Å². The maximum absolute atomic E-state index is 6.92. The van der Waals surface area contributed by atoms with Gasteiger partial charge in [-0.15, -0.1) is 0 Å². The lowest BCUT2D eigenvalue weighted by Crippen LogP contribution is -2.11. The Morgan fingerprint density at radius 3 is 1.96 bits per heavy atom. The molecule has 0 fully saturated rings. The number of aryl methyl sites for hydroxylation is 1. The van der Waals surface area contributed by atoms with E-state index in [9.17, 15) is 0 Å². The van der Waals surface area contributed by atoms with E-state index >= 15 is 0 Å². The molecule has 3 nitrogen and oxygen atoms in total. The fourth-order valence-corrected chi connectivity index (χ4v) is 7.21. The third-order valence-electron chi connectivity index (χ3n) is 9.43. The van der Waals surface area contributed by atoms with E-state index in [1.54, 1.807) is 0 Å². The molecule has 2 aromatic heterocycles. The molecule has 0 aliphatic rings. The van der Waals surface area contributed by atoms with Crippen molar-refractivity contribution in [3.05, 3.63) is 139 Å². The van der Waals surface area contributed by atoms with Gasteiger partial charge < -0.3 is 13.7 Å². The average molecular weight is 596 g/mol. The van der Waals surface area contributed by atoms with Gasteiger partial charge in [-0.25, -0.2) is 0 Å². The second-order valence-corrected chi connectivity index (χ2v) is 13.4. The van der Waals surface area contributed by atoms with Crippen LogP contribution in [0.3, 0.4) is 0 Å². The number of hydrogen-bond acceptors (Lipinski definition) is 3. The molecule has 0 bridgehead atoms. The van der Waals surface area contributed by atoms with Gasteiger partial charge in [0.2, 0.25) is 0 Å². The minimum absolute atomic E-state index is 0.0586. The highest BCUT2D eigenvalue weighted by atomic mass is 16.3. The molecular formula is C43H33NO2. The van der Waals surface area contributed by atoms with Crippen LogP contribution in [-0.4, -0.2) is 0 Å². The van der Waals surface area contributed by atoms with Gasteiger partial charge in [0.25, 0.3) is 0 Å². The zero-order chi connectivity index (χ0) is 31.2. The molecule has 0 aliphatic carbocycles. The van der Waals surface area contributed by atoms with Crippen LogP contribution in [0.1, 0.15) is 31.9 Å². The van der Waals surface area contributed by atoms with Crippen LogP contribution in [0, 0.1) is 6.92 Å². The zero-order valence-electron chi connectivity index (χ0n) is 26.4. The Hall–Kier alpha value is -5.54. The molecule has 9 aromatic rings. The number of furan rings is 2. The largest absolute Gasteiger partial charge is 0.455 e. The van der Waals surface area contributed by atoms with Crippen molar-refractivity contribution < 1.29 is 8.83 Å². The van der Waals surface area contributed by atoms with Crippen LogP contribution in [0.15, 0.2) is 136 Å². The van der Waals surface area contributed by atoms with Crippen LogP contribution in [0.25, 0.3) is 65.4 Å². The third kappa shape index (κ3) is 3.91. The van der Waals surface area contributed by atoms with Crippen LogP contribution in [0.2, 0.25) is 0 Å².